The Labute approximate surface area is 127 Å². The number of rotatable bonds is 5. The number of anilines is 1. The second kappa shape index (κ2) is 5.90. The van der Waals surface area contributed by atoms with Crippen molar-refractivity contribution in [2.45, 2.75) is 17.4 Å². The van der Waals surface area contributed by atoms with Crippen LogP contribution in [-0.2, 0) is 19.6 Å². The molecule has 9 heteroatoms. The Morgan fingerprint density at radius 2 is 2.19 bits per heavy atom. The number of nitrogens with two attached hydrogens (primary N) is 1. The van der Waals surface area contributed by atoms with Crippen LogP contribution in [0.25, 0.3) is 0 Å². The Morgan fingerprint density at radius 1 is 1.52 bits per heavy atom. The molecule has 4 N–H and O–H groups in total. The first-order valence-corrected chi connectivity index (χ1v) is 8.09. The molecule has 116 valence electrons. The quantitative estimate of drug-likeness (QED) is 0.718. The Balaban J connectivity index is 2.03. The van der Waals surface area contributed by atoms with E-state index in [1.165, 1.54) is 18.2 Å². The van der Waals surface area contributed by atoms with Crippen LogP contribution >= 0.6 is 11.6 Å². The number of amides is 1. The van der Waals surface area contributed by atoms with E-state index in [1.807, 2.05) is 6.92 Å². The highest BCUT2D eigenvalue weighted by molar-refractivity contribution is 7.89. The normalized spacial score (nSPS) is 17.1. The largest absolute Gasteiger partial charge is 0.363 e. The molecular formula is C12H16ClN3O4S. The molecule has 2 rings (SSSR count). The van der Waals surface area contributed by atoms with Gasteiger partial charge in [-0.25, -0.2) is 13.6 Å². The van der Waals surface area contributed by atoms with Crippen molar-refractivity contribution >= 4 is 33.2 Å². The van der Waals surface area contributed by atoms with Crippen molar-refractivity contribution in [3.05, 3.63) is 23.2 Å². The molecule has 0 saturated carbocycles. The van der Waals surface area contributed by atoms with Gasteiger partial charge in [-0.2, -0.15) is 0 Å². The van der Waals surface area contributed by atoms with E-state index in [-0.39, 0.29) is 27.8 Å². The monoisotopic (exact) mass is 333 g/mol. The molecule has 1 aromatic carbocycles. The first kappa shape index (κ1) is 16.2. The van der Waals surface area contributed by atoms with Crippen LogP contribution in [0.1, 0.15) is 6.92 Å². The van der Waals surface area contributed by atoms with E-state index in [0.29, 0.717) is 13.1 Å². The van der Waals surface area contributed by atoms with Crippen LogP contribution < -0.4 is 15.8 Å². The van der Waals surface area contributed by atoms with Gasteiger partial charge in [0.25, 0.3) is 0 Å². The Kier molecular flexibility index (Phi) is 4.54. The molecule has 1 saturated heterocycles. The first-order valence-electron chi connectivity index (χ1n) is 6.16. The molecule has 0 spiro atoms. The number of hydrogen-bond acceptors (Lipinski definition) is 5. The molecule has 0 bridgehead atoms. The minimum atomic E-state index is -3.86. The molecule has 21 heavy (non-hydrogen) atoms. The van der Waals surface area contributed by atoms with E-state index < -0.39 is 15.9 Å². The molecule has 0 atom stereocenters. The van der Waals surface area contributed by atoms with E-state index >= 15 is 0 Å². The van der Waals surface area contributed by atoms with Gasteiger partial charge in [0, 0.05) is 13.1 Å². The lowest BCUT2D eigenvalue weighted by atomic mass is 10.0. The van der Waals surface area contributed by atoms with Gasteiger partial charge in [-0.05, 0) is 25.1 Å². The Morgan fingerprint density at radius 3 is 2.71 bits per heavy atom. The van der Waals surface area contributed by atoms with Gasteiger partial charge in [-0.1, -0.05) is 11.6 Å². The van der Waals surface area contributed by atoms with Crippen molar-refractivity contribution in [1.29, 1.82) is 0 Å². The molecule has 0 unspecified atom stereocenters. The molecule has 1 aliphatic rings. The summed E-state index contributed by atoms with van der Waals surface area (Å²) in [6.07, 6.45) is 0. The van der Waals surface area contributed by atoms with Gasteiger partial charge in [0.1, 0.15) is 6.61 Å². The second-order valence-corrected chi connectivity index (χ2v) is 7.05. The zero-order valence-electron chi connectivity index (χ0n) is 11.3. The summed E-state index contributed by atoms with van der Waals surface area (Å²) >= 11 is 5.92. The fraction of sp³-hybridized carbons (Fsp3) is 0.417. The van der Waals surface area contributed by atoms with Gasteiger partial charge >= 0.3 is 0 Å². The summed E-state index contributed by atoms with van der Waals surface area (Å²) in [5.41, 5.74) is -0.169. The summed E-state index contributed by atoms with van der Waals surface area (Å²) in [5, 5.41) is 10.8. The van der Waals surface area contributed by atoms with E-state index in [9.17, 15) is 13.2 Å². The summed E-state index contributed by atoms with van der Waals surface area (Å²) in [4.78, 5) is 11.7. The Hall–Kier alpha value is -1.19. The van der Waals surface area contributed by atoms with Crippen LogP contribution in [0.5, 0.6) is 0 Å². The first-order chi connectivity index (χ1) is 9.70. The van der Waals surface area contributed by atoms with Crippen molar-refractivity contribution < 1.29 is 17.9 Å². The zero-order chi connectivity index (χ0) is 15.7. The molecule has 1 aromatic rings. The van der Waals surface area contributed by atoms with Crippen molar-refractivity contribution in [3.8, 4) is 0 Å². The molecule has 0 radical (unpaired) electrons. The van der Waals surface area contributed by atoms with E-state index in [1.54, 1.807) is 0 Å². The van der Waals surface area contributed by atoms with Crippen LogP contribution in [0.15, 0.2) is 23.1 Å². The van der Waals surface area contributed by atoms with Crippen LogP contribution in [0.2, 0.25) is 5.02 Å². The van der Waals surface area contributed by atoms with E-state index in [2.05, 4.69) is 10.6 Å². The van der Waals surface area contributed by atoms with E-state index in [4.69, 9.17) is 21.5 Å². The molecule has 1 heterocycles. The highest BCUT2D eigenvalue weighted by Crippen LogP contribution is 2.25. The highest BCUT2D eigenvalue weighted by Gasteiger charge is 2.33. The maximum atomic E-state index is 11.8. The average molecular weight is 334 g/mol. The molecule has 1 aliphatic heterocycles. The Bertz CT molecular complexity index is 658. The number of ether oxygens (including phenoxy) is 1. The summed E-state index contributed by atoms with van der Waals surface area (Å²) in [6, 6.07) is 3.84. The molecule has 7 nitrogen and oxygen atoms in total. The SMILES string of the molecule is CC1(OCC(=O)Nc2cc(S(N)(=O)=O)ccc2Cl)CNC1. The lowest BCUT2D eigenvalue weighted by Crippen LogP contribution is -2.59. The predicted octanol–water partition coefficient (Wildman–Crippen LogP) is 0.304. The third-order valence-electron chi connectivity index (χ3n) is 3.09. The van der Waals surface area contributed by atoms with Gasteiger partial charge in [0.05, 0.1) is 21.2 Å². The number of hydrogen-bond donors (Lipinski definition) is 3. The number of benzene rings is 1. The lowest BCUT2D eigenvalue weighted by molar-refractivity contribution is -0.130. The number of carbonyl (C=O) groups is 1. The summed E-state index contributed by atoms with van der Waals surface area (Å²) < 4.78 is 28.0. The average Bonchev–Trinajstić information content (AvgIpc) is 2.35. The summed E-state index contributed by atoms with van der Waals surface area (Å²) in [6.45, 7) is 3.11. The molecular weight excluding hydrogens is 318 g/mol. The van der Waals surface area contributed by atoms with Gasteiger partial charge in [0.2, 0.25) is 15.9 Å². The maximum absolute atomic E-state index is 11.8. The summed E-state index contributed by atoms with van der Waals surface area (Å²) in [5.74, 6) is -0.420. The van der Waals surface area contributed by atoms with Crippen LogP contribution in [0, 0.1) is 0 Å². The standard InChI is InChI=1S/C12H16ClN3O4S/c1-12(6-15-7-12)20-5-11(17)16-10-4-8(21(14,18)19)2-3-9(10)13/h2-4,15H,5-7H2,1H3,(H,16,17)(H2,14,18,19). The number of primary sulfonamides is 1. The van der Waals surface area contributed by atoms with E-state index in [0.717, 1.165) is 0 Å². The maximum Gasteiger partial charge on any atom is 0.250 e. The molecule has 1 amide bonds. The number of sulfonamides is 1. The van der Waals surface area contributed by atoms with Crippen molar-refractivity contribution in [3.63, 3.8) is 0 Å². The van der Waals surface area contributed by atoms with Gasteiger partial charge in [-0.3, -0.25) is 4.79 Å². The molecule has 0 aliphatic carbocycles. The fourth-order valence-corrected chi connectivity index (χ4v) is 2.49. The summed E-state index contributed by atoms with van der Waals surface area (Å²) in [7, 11) is -3.86. The third-order valence-corrected chi connectivity index (χ3v) is 4.33. The zero-order valence-corrected chi connectivity index (χ0v) is 12.9. The van der Waals surface area contributed by atoms with Gasteiger partial charge in [0.15, 0.2) is 0 Å². The van der Waals surface area contributed by atoms with Gasteiger partial charge < -0.3 is 15.4 Å². The minimum Gasteiger partial charge on any atom is -0.363 e. The second-order valence-electron chi connectivity index (χ2n) is 5.08. The number of nitrogens with one attached hydrogen (secondary N) is 2. The van der Waals surface area contributed by atoms with Crippen LogP contribution in [-0.4, -0.2) is 39.6 Å². The third kappa shape index (κ3) is 4.14. The van der Waals surface area contributed by atoms with Gasteiger partial charge in [-0.15, -0.1) is 0 Å². The fourth-order valence-electron chi connectivity index (χ4n) is 1.78. The lowest BCUT2D eigenvalue weighted by Gasteiger charge is -2.38. The smallest absolute Gasteiger partial charge is 0.250 e. The molecule has 0 aromatic heterocycles. The highest BCUT2D eigenvalue weighted by atomic mass is 35.5. The van der Waals surface area contributed by atoms with Crippen molar-refractivity contribution in [2.24, 2.45) is 5.14 Å². The number of carbonyl (C=O) groups excluding carboxylic acids is 1. The predicted molar refractivity (Wildman–Crippen MR) is 78.7 cm³/mol. The van der Waals surface area contributed by atoms with Crippen LogP contribution in [0.4, 0.5) is 5.69 Å². The molecule has 1 fully saturated rings. The van der Waals surface area contributed by atoms with Crippen molar-refractivity contribution in [2.75, 3.05) is 25.0 Å². The van der Waals surface area contributed by atoms with Crippen molar-refractivity contribution in [1.82, 2.24) is 5.32 Å². The minimum absolute atomic E-state index is 0.127. The topological polar surface area (TPSA) is 111 Å². The number of halogens is 1. The van der Waals surface area contributed by atoms with Crippen LogP contribution in [0.3, 0.4) is 0 Å².